The number of benzene rings is 1. The van der Waals surface area contributed by atoms with E-state index in [-0.39, 0.29) is 25.8 Å². The van der Waals surface area contributed by atoms with E-state index >= 15 is 14.4 Å². The fourth-order valence-electron chi connectivity index (χ4n) is 11.2. The van der Waals surface area contributed by atoms with Crippen molar-refractivity contribution in [2.24, 2.45) is 29.6 Å². The summed E-state index contributed by atoms with van der Waals surface area (Å²) in [5.74, 6) is -9.94. The predicted molar refractivity (Wildman–Crippen MR) is 324 cm³/mol. The van der Waals surface area contributed by atoms with Gasteiger partial charge in [0.1, 0.15) is 59.7 Å². The lowest BCUT2D eigenvalue weighted by molar-refractivity contribution is -0.165. The van der Waals surface area contributed by atoms with Crippen LogP contribution >= 0.6 is 0 Å². The smallest absolute Gasteiger partial charge is 0.330 e. The highest BCUT2D eigenvalue weighted by atomic mass is 16.6. The first-order valence-corrected chi connectivity index (χ1v) is 30.3. The Kier molecular flexibility index (Phi) is 27.7. The van der Waals surface area contributed by atoms with Crippen LogP contribution < -0.4 is 20.7 Å². The van der Waals surface area contributed by atoms with Crippen molar-refractivity contribution >= 4 is 65.1 Å². The topological polar surface area (TPSA) is 271 Å². The number of nitrogens with zero attached hydrogens (tertiary/aromatic N) is 6. The lowest BCUT2D eigenvalue weighted by atomic mass is 9.92. The summed E-state index contributed by atoms with van der Waals surface area (Å²) in [6.45, 7) is 23.5. The van der Waals surface area contributed by atoms with E-state index in [2.05, 4.69) is 16.0 Å². The summed E-state index contributed by atoms with van der Waals surface area (Å²) >= 11 is 0. The van der Waals surface area contributed by atoms with Crippen molar-refractivity contribution in [2.45, 2.75) is 202 Å². The lowest BCUT2D eigenvalue weighted by Crippen LogP contribution is -2.63. The van der Waals surface area contributed by atoms with Crippen molar-refractivity contribution in [3.05, 3.63) is 42.0 Å². The fourth-order valence-corrected chi connectivity index (χ4v) is 11.2. The van der Waals surface area contributed by atoms with Crippen LogP contribution in [0.25, 0.3) is 0 Å². The Hall–Kier alpha value is -7.07. The Bertz CT molecular complexity index is 2580. The molecule has 0 bridgehead atoms. The summed E-state index contributed by atoms with van der Waals surface area (Å²) in [4.78, 5) is 168. The summed E-state index contributed by atoms with van der Waals surface area (Å²) in [5.41, 5.74) is -0.262. The largest absolute Gasteiger partial charge is 0.497 e. The van der Waals surface area contributed by atoms with Gasteiger partial charge in [-0.3, -0.25) is 43.2 Å². The van der Waals surface area contributed by atoms with Crippen LogP contribution in [-0.2, 0) is 68.6 Å². The molecule has 2 aliphatic heterocycles. The molecule has 86 heavy (non-hydrogen) atoms. The number of carbonyl (C=O) groups excluding carboxylic acids is 11. The molecule has 482 valence electrons. The van der Waals surface area contributed by atoms with Crippen LogP contribution in [0.1, 0.15) is 141 Å². The number of rotatable bonds is 13. The standard InChI is InChI=1S/C63H101N9O14/c1-21-39(9)52-54(75)64-35-47(73)68(16)50(37(5)6)55(76)65-44(34-42-29-31-43(84-20)32-30-42)62(83)85-41(11)57(78)72-33-24-23-26-46(72)59(80)69(17)51(38(7)8)56(77)66-49(36(3)4)60(81)67(15)45(27-25-28-48(74)86-63(12,13)14)58(79)71(19)53(40(10)22-2)61(82)70(52)18/h25,28-32,36-41,44-46,49-53H,21-24,26-27,33-35H2,1-20H3,(H,64,75)(H,65,76)(H,66,77)/b28-25+/t39-,40-,41+,44-,45-,46-,49-,50-,51-,52-,53-/m0/s1. The highest BCUT2D eigenvalue weighted by molar-refractivity contribution is 5.99. The maximum Gasteiger partial charge on any atom is 0.330 e. The second kappa shape index (κ2) is 32.6. The van der Waals surface area contributed by atoms with Gasteiger partial charge in [-0.05, 0) is 101 Å². The second-order valence-corrected chi connectivity index (χ2v) is 25.2. The van der Waals surface area contributed by atoms with Crippen LogP contribution in [0.3, 0.4) is 0 Å². The van der Waals surface area contributed by atoms with Gasteiger partial charge in [0.05, 0.1) is 13.7 Å². The van der Waals surface area contributed by atoms with E-state index in [1.54, 1.807) is 100 Å². The summed E-state index contributed by atoms with van der Waals surface area (Å²) < 4.78 is 16.7. The SMILES string of the molecule is CC[C@H](C)[C@H]1C(=O)NCC(=O)N(C)[C@@H](C(C)C)C(=O)N[C@@H](Cc2ccc(OC)cc2)C(=O)O[C@H](C)C(=O)N2CCCC[C@H]2C(=O)N(C)[C@@H](C(C)C)C(=O)N[C@@H](C(C)C)C(=O)N(C)[C@@H](C/C=C/C(=O)OC(C)(C)C)C(=O)N(C)[C@@H]([C@@H](C)CC)C(=O)N1C. The van der Waals surface area contributed by atoms with Crippen LogP contribution in [0.2, 0.25) is 0 Å². The van der Waals surface area contributed by atoms with Crippen LogP contribution in [-0.4, -0.2) is 210 Å². The molecule has 2 heterocycles. The Balaban J connectivity index is 2.32. The number of piperidine rings is 1. The Labute approximate surface area is 510 Å². The molecule has 2 saturated heterocycles. The predicted octanol–water partition coefficient (Wildman–Crippen LogP) is 4.13. The molecule has 1 aromatic carbocycles. The molecule has 2 aliphatic rings. The third kappa shape index (κ3) is 19.2. The van der Waals surface area contributed by atoms with E-state index in [0.717, 1.165) is 11.0 Å². The molecular formula is C63H101N9O14. The van der Waals surface area contributed by atoms with Gasteiger partial charge in [0.25, 0.3) is 5.91 Å². The van der Waals surface area contributed by atoms with Crippen LogP contribution in [0.4, 0.5) is 0 Å². The van der Waals surface area contributed by atoms with Crippen molar-refractivity contribution < 1.29 is 67.0 Å². The molecule has 2 fully saturated rings. The average molecular weight is 1210 g/mol. The highest BCUT2D eigenvalue weighted by Crippen LogP contribution is 2.27. The Morgan fingerprint density at radius 2 is 1.19 bits per heavy atom. The van der Waals surface area contributed by atoms with Crippen LogP contribution in [0, 0.1) is 29.6 Å². The number of amides is 9. The summed E-state index contributed by atoms with van der Waals surface area (Å²) in [5, 5.41) is 8.35. The van der Waals surface area contributed by atoms with Gasteiger partial charge in [0.2, 0.25) is 47.3 Å². The number of hydrogen-bond donors (Lipinski definition) is 3. The van der Waals surface area contributed by atoms with Gasteiger partial charge in [0, 0.05) is 54.3 Å². The number of nitrogens with one attached hydrogen (secondary N) is 3. The number of carbonyl (C=O) groups is 11. The first-order chi connectivity index (χ1) is 40.1. The zero-order valence-electron chi connectivity index (χ0n) is 54.8. The van der Waals surface area contributed by atoms with Crippen molar-refractivity contribution in [1.82, 2.24) is 45.3 Å². The molecule has 23 nitrogen and oxygen atoms in total. The van der Waals surface area contributed by atoms with Crippen LogP contribution in [0.15, 0.2) is 36.4 Å². The van der Waals surface area contributed by atoms with E-state index in [9.17, 15) is 38.4 Å². The third-order valence-corrected chi connectivity index (χ3v) is 16.5. The number of esters is 2. The molecule has 0 radical (unpaired) electrons. The van der Waals surface area contributed by atoms with E-state index in [4.69, 9.17) is 14.2 Å². The molecule has 0 aromatic heterocycles. The molecular weight excluding hydrogens is 1110 g/mol. The average Bonchev–Trinajstić information content (AvgIpc) is 1.38. The number of hydrogen-bond acceptors (Lipinski definition) is 14. The van der Waals surface area contributed by atoms with Crippen molar-refractivity contribution in [3.8, 4) is 5.75 Å². The normalized spacial score (nSPS) is 26.0. The first-order valence-electron chi connectivity index (χ1n) is 30.3. The van der Waals surface area contributed by atoms with Gasteiger partial charge in [-0.2, -0.15) is 0 Å². The van der Waals surface area contributed by atoms with Gasteiger partial charge >= 0.3 is 11.9 Å². The number of fused-ring (bicyclic) bond motifs is 1. The zero-order valence-corrected chi connectivity index (χ0v) is 54.8. The number of likely N-dealkylation sites (N-methyl/N-ethyl adjacent to an activating group) is 5. The third-order valence-electron chi connectivity index (χ3n) is 16.5. The Morgan fingerprint density at radius 3 is 1.72 bits per heavy atom. The number of cyclic esters (lactones) is 1. The van der Waals surface area contributed by atoms with E-state index < -0.39 is 161 Å². The molecule has 11 atom stereocenters. The fraction of sp³-hybridized carbons (Fsp3) is 0.698. The quantitative estimate of drug-likeness (QED) is 0.185. The molecule has 1 aromatic rings. The minimum atomic E-state index is -1.47. The van der Waals surface area contributed by atoms with Gasteiger partial charge in [-0.25, -0.2) is 9.59 Å². The maximum absolute atomic E-state index is 15.3. The number of methoxy groups -OCH3 is 1. The molecule has 0 spiro atoms. The molecule has 0 unspecified atom stereocenters. The van der Waals surface area contributed by atoms with E-state index in [1.807, 2.05) is 13.8 Å². The van der Waals surface area contributed by atoms with Gasteiger partial charge in [-0.1, -0.05) is 100 Å². The molecule has 3 rings (SSSR count). The minimum absolute atomic E-state index is 0.110. The minimum Gasteiger partial charge on any atom is -0.497 e. The second-order valence-electron chi connectivity index (χ2n) is 25.2. The van der Waals surface area contributed by atoms with Gasteiger partial charge < -0.3 is 59.6 Å². The molecule has 0 saturated carbocycles. The van der Waals surface area contributed by atoms with Gasteiger partial charge in [0.15, 0.2) is 6.10 Å². The number of ether oxygens (including phenoxy) is 3. The molecule has 3 N–H and O–H groups in total. The van der Waals surface area contributed by atoms with Crippen molar-refractivity contribution in [1.29, 1.82) is 0 Å². The summed E-state index contributed by atoms with van der Waals surface area (Å²) in [7, 11) is 8.60. The zero-order chi connectivity index (χ0) is 65.4. The first kappa shape index (κ1) is 73.2. The molecule has 9 amide bonds. The maximum atomic E-state index is 15.3. The van der Waals surface area contributed by atoms with Crippen molar-refractivity contribution in [3.63, 3.8) is 0 Å². The van der Waals surface area contributed by atoms with Gasteiger partial charge in [-0.15, -0.1) is 0 Å². The summed E-state index contributed by atoms with van der Waals surface area (Å²) in [6, 6.07) is -3.22. The summed E-state index contributed by atoms with van der Waals surface area (Å²) in [6.07, 6.45) is 2.80. The van der Waals surface area contributed by atoms with Crippen molar-refractivity contribution in [2.75, 3.05) is 55.4 Å². The molecule has 23 heteroatoms. The van der Waals surface area contributed by atoms with E-state index in [0.29, 0.717) is 37.0 Å². The Morgan fingerprint density at radius 1 is 0.651 bits per heavy atom. The monoisotopic (exact) mass is 1210 g/mol. The molecule has 0 aliphatic carbocycles. The van der Waals surface area contributed by atoms with Crippen LogP contribution in [0.5, 0.6) is 5.75 Å². The lowest BCUT2D eigenvalue weighted by Gasteiger charge is -2.41. The van der Waals surface area contributed by atoms with E-state index in [1.165, 1.54) is 79.8 Å². The highest BCUT2D eigenvalue weighted by Gasteiger charge is 2.45.